The highest BCUT2D eigenvalue weighted by Gasteiger charge is 2.21. The van der Waals surface area contributed by atoms with Crippen LogP contribution in [0.3, 0.4) is 0 Å². The van der Waals surface area contributed by atoms with Crippen molar-refractivity contribution in [3.05, 3.63) is 143 Å². The van der Waals surface area contributed by atoms with Crippen LogP contribution in [0.25, 0.3) is 44.0 Å². The predicted molar refractivity (Wildman–Crippen MR) is 191 cm³/mol. The highest BCUT2D eigenvalue weighted by Crippen LogP contribution is 2.27. The first-order chi connectivity index (χ1) is 24.0. The molecule has 3 aromatic heterocycles. The van der Waals surface area contributed by atoms with Gasteiger partial charge in [0, 0.05) is 29.6 Å². The summed E-state index contributed by atoms with van der Waals surface area (Å²) < 4.78 is 5.36. The monoisotopic (exact) mass is 647 g/mol. The van der Waals surface area contributed by atoms with Crippen LogP contribution in [-0.4, -0.2) is 32.8 Å². The molecule has 0 bridgehead atoms. The van der Waals surface area contributed by atoms with Crippen molar-refractivity contribution >= 4 is 50.1 Å². The van der Waals surface area contributed by atoms with Gasteiger partial charge in [-0.15, -0.1) is 0 Å². The van der Waals surface area contributed by atoms with Crippen LogP contribution >= 0.6 is 0 Å². The number of anilines is 1. The Kier molecular flexibility index (Phi) is 9.14. The van der Waals surface area contributed by atoms with Gasteiger partial charge >= 0.3 is 5.63 Å². The number of amides is 2. The van der Waals surface area contributed by atoms with E-state index in [1.54, 1.807) is 42.7 Å². The van der Waals surface area contributed by atoms with Crippen molar-refractivity contribution in [2.45, 2.75) is 38.1 Å². The summed E-state index contributed by atoms with van der Waals surface area (Å²) in [4.78, 5) is 50.4. The van der Waals surface area contributed by atoms with Gasteiger partial charge in [0.15, 0.2) is 11.2 Å². The number of pyridine rings is 2. The van der Waals surface area contributed by atoms with E-state index >= 15 is 0 Å². The molecule has 1 saturated carbocycles. The Morgan fingerprint density at radius 2 is 1.35 bits per heavy atom. The lowest BCUT2D eigenvalue weighted by Gasteiger charge is -2.23. The van der Waals surface area contributed by atoms with Gasteiger partial charge in [0.05, 0.1) is 5.69 Å². The summed E-state index contributed by atoms with van der Waals surface area (Å²) in [5.41, 5.74) is 2.37. The molecule has 1 aliphatic rings. The maximum Gasteiger partial charge on any atom is 0.365 e. The normalized spacial score (nSPS) is 13.1. The molecule has 0 unspecified atom stereocenters. The van der Waals surface area contributed by atoms with E-state index in [4.69, 9.17) is 4.42 Å². The van der Waals surface area contributed by atoms with Gasteiger partial charge in [-0.3, -0.25) is 9.59 Å². The number of nitrogens with one attached hydrogen (secondary N) is 2. The van der Waals surface area contributed by atoms with Gasteiger partial charge in [-0.05, 0) is 70.8 Å². The fourth-order valence-electron chi connectivity index (χ4n) is 6.24. The molecule has 9 heteroatoms. The van der Waals surface area contributed by atoms with Crippen molar-refractivity contribution in [2.24, 2.45) is 0 Å². The van der Waals surface area contributed by atoms with E-state index in [-0.39, 0.29) is 29.1 Å². The maximum atomic E-state index is 12.9. The van der Waals surface area contributed by atoms with Crippen LogP contribution in [0, 0.1) is 0 Å². The van der Waals surface area contributed by atoms with Crippen LogP contribution < -0.4 is 16.3 Å². The number of hydrogen-bond acceptors (Lipinski definition) is 7. The molecule has 9 nitrogen and oxygen atoms in total. The molecule has 0 saturated heterocycles. The summed E-state index contributed by atoms with van der Waals surface area (Å²) in [7, 11) is 0. The van der Waals surface area contributed by atoms with Crippen molar-refractivity contribution in [3.8, 4) is 11.5 Å². The lowest BCUT2D eigenvalue weighted by Crippen LogP contribution is -2.37. The van der Waals surface area contributed by atoms with Crippen molar-refractivity contribution < 1.29 is 14.0 Å². The number of nitrogens with zero attached hydrogens (tertiary/aromatic N) is 3. The minimum absolute atomic E-state index is 0.185. The lowest BCUT2D eigenvalue weighted by atomic mass is 9.95. The number of aromatic nitrogens is 3. The number of benzene rings is 4. The zero-order valence-electron chi connectivity index (χ0n) is 26.6. The molecule has 3 heterocycles. The fraction of sp³-hybridized carbons (Fsp3) is 0.150. The van der Waals surface area contributed by atoms with Gasteiger partial charge in [-0.2, -0.15) is 0 Å². The van der Waals surface area contributed by atoms with Gasteiger partial charge in [0.1, 0.15) is 5.52 Å². The van der Waals surface area contributed by atoms with Crippen molar-refractivity contribution in [2.75, 3.05) is 5.32 Å². The molecule has 49 heavy (non-hydrogen) atoms. The van der Waals surface area contributed by atoms with Gasteiger partial charge < -0.3 is 15.1 Å². The van der Waals surface area contributed by atoms with E-state index in [0.717, 1.165) is 52.8 Å². The van der Waals surface area contributed by atoms with Crippen LogP contribution in [0.15, 0.2) is 131 Å². The molecular formula is C40H33N5O4. The number of fused-ring (bicyclic) bond motifs is 3. The molecule has 242 valence electrons. The third-order valence-electron chi connectivity index (χ3n) is 8.66. The highest BCUT2D eigenvalue weighted by molar-refractivity contribution is 6.14. The summed E-state index contributed by atoms with van der Waals surface area (Å²) in [6.07, 6.45) is 8.62. The standard InChI is InChI=1S/C23H23N3O2.C17H10N2O2/c27-22(19-13-6-9-16-8-4-5-12-18(16)19)26-20-14-7-15-24-21(20)23(28)25-17-10-2-1-3-11-17;20-17-15-14(9-4-10-18-15)19-16(21-17)13-8-3-6-11-5-1-2-7-12(11)13/h4-9,12-15,17H,1-3,10-11H2,(H,25,28)(H,26,27);1-10H. The maximum absolute atomic E-state index is 12.9. The Morgan fingerprint density at radius 1 is 0.673 bits per heavy atom. The zero-order valence-corrected chi connectivity index (χ0v) is 26.6. The predicted octanol–water partition coefficient (Wildman–Crippen LogP) is 7.95. The van der Waals surface area contributed by atoms with Crippen LogP contribution in [0.1, 0.15) is 53.0 Å². The summed E-state index contributed by atoms with van der Waals surface area (Å²) in [6, 6.07) is 34.2. The van der Waals surface area contributed by atoms with E-state index in [9.17, 15) is 14.4 Å². The van der Waals surface area contributed by atoms with E-state index in [2.05, 4.69) is 25.6 Å². The molecule has 7 aromatic rings. The van der Waals surface area contributed by atoms with E-state index in [1.165, 1.54) is 6.42 Å². The largest absolute Gasteiger partial charge is 0.402 e. The second kappa shape index (κ2) is 14.3. The number of rotatable bonds is 5. The molecule has 0 spiro atoms. The molecular weight excluding hydrogens is 614 g/mol. The zero-order chi connectivity index (χ0) is 33.6. The van der Waals surface area contributed by atoms with Gasteiger partial charge in [0.25, 0.3) is 11.8 Å². The van der Waals surface area contributed by atoms with Gasteiger partial charge in [0.2, 0.25) is 5.89 Å². The van der Waals surface area contributed by atoms with E-state index in [0.29, 0.717) is 22.7 Å². The quantitative estimate of drug-likeness (QED) is 0.194. The van der Waals surface area contributed by atoms with Gasteiger partial charge in [-0.25, -0.2) is 19.7 Å². The summed E-state index contributed by atoms with van der Waals surface area (Å²) in [5.74, 6) is -0.172. The fourth-order valence-corrected chi connectivity index (χ4v) is 6.24. The minimum atomic E-state index is -0.469. The first kappa shape index (κ1) is 31.4. The second-order valence-corrected chi connectivity index (χ2v) is 11.9. The topological polar surface area (TPSA) is 127 Å². The molecule has 2 N–H and O–H groups in total. The molecule has 0 aliphatic heterocycles. The Bertz CT molecular complexity index is 2350. The molecule has 8 rings (SSSR count). The Balaban J connectivity index is 0.000000160. The molecule has 0 radical (unpaired) electrons. The third-order valence-corrected chi connectivity index (χ3v) is 8.66. The average Bonchev–Trinajstić information content (AvgIpc) is 3.15. The number of carbonyl (C=O) groups is 2. The molecule has 0 atom stereocenters. The smallest absolute Gasteiger partial charge is 0.365 e. The Morgan fingerprint density at radius 3 is 2.16 bits per heavy atom. The van der Waals surface area contributed by atoms with Crippen LogP contribution in [-0.2, 0) is 0 Å². The SMILES string of the molecule is O=C(NC1CCCCC1)c1ncccc1NC(=O)c1cccc2ccccc12.O=c1oc(-c2cccc3ccccc23)nc2cccnc12. The Labute approximate surface area is 282 Å². The van der Waals surface area contributed by atoms with Gasteiger partial charge in [-0.1, -0.05) is 92.1 Å². The molecule has 1 fully saturated rings. The van der Waals surface area contributed by atoms with Crippen LogP contribution in [0.2, 0.25) is 0 Å². The van der Waals surface area contributed by atoms with Crippen molar-refractivity contribution in [3.63, 3.8) is 0 Å². The second-order valence-electron chi connectivity index (χ2n) is 11.9. The van der Waals surface area contributed by atoms with E-state index in [1.807, 2.05) is 78.9 Å². The third kappa shape index (κ3) is 6.92. The van der Waals surface area contributed by atoms with E-state index < -0.39 is 5.63 Å². The molecule has 1 aliphatic carbocycles. The molecule has 2 amide bonds. The van der Waals surface area contributed by atoms with Crippen LogP contribution in [0.4, 0.5) is 5.69 Å². The highest BCUT2D eigenvalue weighted by atomic mass is 16.4. The lowest BCUT2D eigenvalue weighted by molar-refractivity contribution is 0.0923. The minimum Gasteiger partial charge on any atom is -0.402 e. The average molecular weight is 648 g/mol. The molecule has 4 aromatic carbocycles. The summed E-state index contributed by atoms with van der Waals surface area (Å²) in [5, 5.41) is 9.89. The first-order valence-electron chi connectivity index (χ1n) is 16.3. The number of carbonyl (C=O) groups excluding carboxylic acids is 2. The summed E-state index contributed by atoms with van der Waals surface area (Å²) in [6.45, 7) is 0. The first-order valence-corrected chi connectivity index (χ1v) is 16.3. The number of hydrogen-bond donors (Lipinski definition) is 2. The van der Waals surface area contributed by atoms with Crippen LogP contribution in [0.5, 0.6) is 0 Å². The van der Waals surface area contributed by atoms with Crippen molar-refractivity contribution in [1.29, 1.82) is 0 Å². The Hall–Kier alpha value is -6.22. The summed E-state index contributed by atoms with van der Waals surface area (Å²) >= 11 is 0. The van der Waals surface area contributed by atoms with Crippen molar-refractivity contribution in [1.82, 2.24) is 20.3 Å².